The first-order chi connectivity index (χ1) is 15.3. The second kappa shape index (κ2) is 10.0. The molecule has 0 saturated heterocycles. The van der Waals surface area contributed by atoms with Crippen LogP contribution in [-0.4, -0.2) is 73.0 Å². The molecule has 0 bridgehead atoms. The van der Waals surface area contributed by atoms with Crippen molar-refractivity contribution in [1.82, 2.24) is 4.72 Å². The third-order valence-corrected chi connectivity index (χ3v) is 5.14. The summed E-state index contributed by atoms with van der Waals surface area (Å²) >= 11 is 0. The second-order valence-electron chi connectivity index (χ2n) is 6.00. The Hall–Kier alpha value is -2.07. The lowest BCUT2D eigenvalue weighted by Gasteiger charge is -2.42. The third-order valence-electron chi connectivity index (χ3n) is 3.54. The molecule has 2 N–H and O–H groups in total. The fourth-order valence-electron chi connectivity index (χ4n) is 1.60. The van der Waals surface area contributed by atoms with Gasteiger partial charge in [-0.3, -0.25) is 0 Å². The fourth-order valence-corrected chi connectivity index (χ4v) is 2.63. The highest BCUT2D eigenvalue weighted by Crippen LogP contribution is 2.64. The Morgan fingerprint density at radius 3 is 1.17 bits per heavy atom. The van der Waals surface area contributed by atoms with Crippen molar-refractivity contribution in [1.29, 1.82) is 0 Å². The molecule has 0 aliphatic carbocycles. The first-order valence-corrected chi connectivity index (χ1v) is 9.37. The number of carboxylic acid groups (broad SMARTS) is 1. The molecule has 0 aliphatic heterocycles. The average molecular weight is 599 g/mol. The highest BCUT2D eigenvalue weighted by Gasteiger charge is 2.96. The zero-order chi connectivity index (χ0) is 30.2. The van der Waals surface area contributed by atoms with Gasteiger partial charge < -0.3 is 5.11 Å². The number of hydrogen-bond acceptors (Lipinski definition) is 3. The summed E-state index contributed by atoms with van der Waals surface area (Å²) in [4.78, 5) is 9.25. The van der Waals surface area contributed by atoms with E-state index in [0.717, 1.165) is 6.08 Å². The van der Waals surface area contributed by atoms with Gasteiger partial charge in [0.25, 0.3) is 10.0 Å². The molecule has 0 fully saturated rings. The van der Waals surface area contributed by atoms with Crippen molar-refractivity contribution >= 4 is 16.0 Å². The molecule has 216 valence electrons. The highest BCUT2D eigenvalue weighted by atomic mass is 32.2. The minimum atomic E-state index is -8.81. The van der Waals surface area contributed by atoms with E-state index in [9.17, 15) is 87.8 Å². The van der Waals surface area contributed by atoms with Crippen LogP contribution in [0.4, 0.5) is 74.6 Å². The minimum Gasteiger partial charge on any atom is -0.478 e. The number of halogens is 17. The van der Waals surface area contributed by atoms with Gasteiger partial charge in [0.1, 0.15) is 0 Å². The van der Waals surface area contributed by atoms with Crippen LogP contribution in [-0.2, 0) is 14.8 Å². The van der Waals surface area contributed by atoms with E-state index in [1.54, 1.807) is 0 Å². The van der Waals surface area contributed by atoms with Gasteiger partial charge in [0.05, 0.1) is 0 Å². The van der Waals surface area contributed by atoms with E-state index < -0.39 is 69.5 Å². The SMILES string of the molecule is C=CC(=O)O.CCNS(=O)(=O)C(F)(F)C(F)(F)C(F)(F)C(F)(F)C(F)(F)C(F)(F)C(F)(F)C(F)(F)F. The molecule has 0 rings (SSSR count). The van der Waals surface area contributed by atoms with E-state index in [2.05, 4.69) is 6.58 Å². The lowest BCUT2D eigenvalue weighted by atomic mass is 9.91. The van der Waals surface area contributed by atoms with E-state index in [1.807, 2.05) is 0 Å². The number of nitrogens with one attached hydrogen (secondary N) is 1. The zero-order valence-corrected chi connectivity index (χ0v) is 17.3. The molecule has 0 amide bonds. The number of sulfonamides is 1. The third kappa shape index (κ3) is 5.30. The summed E-state index contributed by atoms with van der Waals surface area (Å²) in [5, 5.41) is 0.105. The summed E-state index contributed by atoms with van der Waals surface area (Å²) in [6, 6.07) is 0. The number of hydrogen-bond donors (Lipinski definition) is 2. The number of rotatable bonds is 10. The monoisotopic (exact) mass is 599 g/mol. The van der Waals surface area contributed by atoms with Crippen molar-refractivity contribution in [2.75, 3.05) is 6.54 Å². The summed E-state index contributed by atoms with van der Waals surface area (Å²) in [6.07, 6.45) is -7.02. The van der Waals surface area contributed by atoms with E-state index in [1.165, 1.54) is 0 Å². The fraction of sp³-hybridized carbons (Fsp3) is 0.769. The molecule has 0 aromatic carbocycles. The van der Waals surface area contributed by atoms with Crippen molar-refractivity contribution in [3.05, 3.63) is 12.7 Å². The summed E-state index contributed by atoms with van der Waals surface area (Å²) < 4.78 is 242. The summed E-state index contributed by atoms with van der Waals surface area (Å²) in [7, 11) is -7.15. The molecule has 0 saturated carbocycles. The van der Waals surface area contributed by atoms with Crippen molar-refractivity contribution in [3.63, 3.8) is 0 Å². The number of carboxylic acids is 1. The van der Waals surface area contributed by atoms with E-state index in [0.29, 0.717) is 11.6 Å². The molecule has 5 nitrogen and oxygen atoms in total. The van der Waals surface area contributed by atoms with E-state index >= 15 is 0 Å². The molecule has 0 heterocycles. The Balaban J connectivity index is 0. The van der Waals surface area contributed by atoms with E-state index in [-0.39, 0.29) is 0 Å². The Morgan fingerprint density at radius 2 is 0.944 bits per heavy atom. The van der Waals surface area contributed by atoms with Gasteiger partial charge in [-0.1, -0.05) is 13.5 Å². The lowest BCUT2D eigenvalue weighted by Crippen LogP contribution is -2.75. The smallest absolute Gasteiger partial charge is 0.460 e. The van der Waals surface area contributed by atoms with Crippen LogP contribution in [0, 0.1) is 0 Å². The van der Waals surface area contributed by atoms with Gasteiger partial charge in [0.15, 0.2) is 0 Å². The number of aliphatic carboxylic acids is 1. The van der Waals surface area contributed by atoms with Gasteiger partial charge in [-0.25, -0.2) is 17.9 Å². The Labute approximate surface area is 188 Å². The average Bonchev–Trinajstić information content (AvgIpc) is 2.66. The maximum atomic E-state index is 13.4. The molecular formula is C13H10F17NO4S. The molecule has 0 unspecified atom stereocenters. The van der Waals surface area contributed by atoms with Crippen molar-refractivity contribution in [2.45, 2.75) is 53.9 Å². The van der Waals surface area contributed by atoms with Crippen LogP contribution >= 0.6 is 0 Å². The highest BCUT2D eigenvalue weighted by molar-refractivity contribution is 7.90. The van der Waals surface area contributed by atoms with Crippen LogP contribution in [0.1, 0.15) is 6.92 Å². The van der Waals surface area contributed by atoms with Gasteiger partial charge in [0, 0.05) is 12.6 Å². The van der Waals surface area contributed by atoms with Crippen LogP contribution in [0.5, 0.6) is 0 Å². The van der Waals surface area contributed by atoms with Gasteiger partial charge in [-0.15, -0.1) is 0 Å². The second-order valence-corrected chi connectivity index (χ2v) is 7.81. The quantitative estimate of drug-likeness (QED) is 0.269. The Morgan fingerprint density at radius 1 is 0.694 bits per heavy atom. The molecule has 36 heavy (non-hydrogen) atoms. The predicted octanol–water partition coefficient (Wildman–Crippen LogP) is 5.15. The van der Waals surface area contributed by atoms with Gasteiger partial charge in [-0.05, 0) is 0 Å². The van der Waals surface area contributed by atoms with Crippen LogP contribution in [0.25, 0.3) is 0 Å². The molecule has 23 heteroatoms. The first-order valence-electron chi connectivity index (χ1n) is 7.89. The van der Waals surface area contributed by atoms with Gasteiger partial charge in [0.2, 0.25) is 0 Å². The Kier molecular flexibility index (Phi) is 10.0. The summed E-state index contributed by atoms with van der Waals surface area (Å²) in [5.41, 5.74) is 0. The molecule has 0 radical (unpaired) electrons. The first kappa shape index (κ1) is 36.1. The number of alkyl halides is 17. The lowest BCUT2D eigenvalue weighted by molar-refractivity contribution is -0.458. The van der Waals surface area contributed by atoms with Gasteiger partial charge in [-0.2, -0.15) is 74.6 Å². The van der Waals surface area contributed by atoms with Crippen LogP contribution < -0.4 is 4.72 Å². The van der Waals surface area contributed by atoms with Crippen LogP contribution in [0.15, 0.2) is 12.7 Å². The molecule has 0 atom stereocenters. The molecule has 0 aromatic heterocycles. The minimum absolute atomic E-state index is 0.365. The van der Waals surface area contributed by atoms with Crippen LogP contribution in [0.3, 0.4) is 0 Å². The van der Waals surface area contributed by atoms with Gasteiger partial charge >= 0.3 is 52.9 Å². The van der Waals surface area contributed by atoms with Crippen molar-refractivity contribution in [3.8, 4) is 0 Å². The largest absolute Gasteiger partial charge is 0.478 e. The molecule has 0 aromatic rings. The molecule has 0 aliphatic rings. The summed E-state index contributed by atoms with van der Waals surface area (Å²) in [6.45, 7) is 2.15. The molecule has 0 spiro atoms. The number of carbonyl (C=O) groups is 1. The maximum absolute atomic E-state index is 13.4. The Bertz CT molecular complexity index is 910. The zero-order valence-electron chi connectivity index (χ0n) is 16.5. The van der Waals surface area contributed by atoms with Crippen molar-refractivity contribution < 1.29 is 93.0 Å². The topological polar surface area (TPSA) is 83.5 Å². The maximum Gasteiger partial charge on any atom is 0.460 e. The van der Waals surface area contributed by atoms with Crippen LogP contribution in [0.2, 0.25) is 0 Å². The van der Waals surface area contributed by atoms with E-state index in [4.69, 9.17) is 5.11 Å². The summed E-state index contributed by atoms with van der Waals surface area (Å²) in [5.74, 6) is -52.4. The molecular weight excluding hydrogens is 589 g/mol. The van der Waals surface area contributed by atoms with Crippen molar-refractivity contribution in [2.24, 2.45) is 0 Å². The normalized spacial score (nSPS) is 15.2. The predicted molar refractivity (Wildman–Crippen MR) is 81.1 cm³/mol. The standard InChI is InChI=1S/C10H6F17NO2S.C3H4O2/c1-2-28-31(29,30)10(26,27)8(21,22)6(17,18)4(13,14)3(11,12)5(15,16)7(19,20)9(23,24)25;1-2-3(4)5/h28H,2H2,1H3;2H,1H2,(H,4,5).